The molecule has 2 heterocycles. The molecular formula is C20H20FN3O4. The molecular weight excluding hydrogens is 365 g/mol. The van der Waals surface area contributed by atoms with Crippen molar-refractivity contribution in [1.82, 2.24) is 9.72 Å². The van der Waals surface area contributed by atoms with Gasteiger partial charge in [-0.3, -0.25) is 4.79 Å². The summed E-state index contributed by atoms with van der Waals surface area (Å²) >= 11 is 0. The zero-order valence-corrected chi connectivity index (χ0v) is 16.0. The number of carbonyl (C=O) groups is 2. The second kappa shape index (κ2) is 7.67. The van der Waals surface area contributed by atoms with Crippen LogP contribution in [0.15, 0.2) is 35.0 Å². The lowest BCUT2D eigenvalue weighted by Crippen LogP contribution is -2.18. The van der Waals surface area contributed by atoms with E-state index in [4.69, 9.17) is 9.26 Å². The van der Waals surface area contributed by atoms with Crippen LogP contribution in [-0.4, -0.2) is 28.2 Å². The largest absolute Gasteiger partial charge is 0.461 e. The standard InChI is InChI=1S/C20H20FN3O4/c1-5-27-20(26)18-17(22-19(25)16-11(2)23-28-12(16)3)15(10-24(18)4)13-7-6-8-14(21)9-13/h6-10H,5H2,1-4H3,(H,22,25). The molecule has 0 bridgehead atoms. The highest BCUT2D eigenvalue weighted by Crippen LogP contribution is 2.34. The number of anilines is 1. The normalized spacial score (nSPS) is 10.8. The number of amides is 1. The van der Waals surface area contributed by atoms with Crippen molar-refractivity contribution in [1.29, 1.82) is 0 Å². The van der Waals surface area contributed by atoms with Gasteiger partial charge in [0, 0.05) is 18.8 Å². The second-order valence-electron chi connectivity index (χ2n) is 6.26. The molecule has 0 saturated carbocycles. The third-order valence-corrected chi connectivity index (χ3v) is 4.28. The van der Waals surface area contributed by atoms with Gasteiger partial charge in [-0.15, -0.1) is 0 Å². The van der Waals surface area contributed by atoms with Gasteiger partial charge in [-0.1, -0.05) is 17.3 Å². The Hall–Kier alpha value is -3.42. The Balaban J connectivity index is 2.13. The van der Waals surface area contributed by atoms with E-state index in [0.717, 1.165) is 0 Å². The SMILES string of the molecule is CCOC(=O)c1c(NC(=O)c2c(C)noc2C)c(-c2cccc(F)c2)cn1C. The molecule has 0 radical (unpaired) electrons. The van der Waals surface area contributed by atoms with Crippen molar-refractivity contribution in [3.05, 3.63) is 59.0 Å². The maximum Gasteiger partial charge on any atom is 0.357 e. The maximum absolute atomic E-state index is 13.8. The Labute approximate surface area is 161 Å². The monoisotopic (exact) mass is 385 g/mol. The van der Waals surface area contributed by atoms with Crippen molar-refractivity contribution in [3.63, 3.8) is 0 Å². The Morgan fingerprint density at radius 1 is 1.32 bits per heavy atom. The highest BCUT2D eigenvalue weighted by atomic mass is 19.1. The zero-order valence-electron chi connectivity index (χ0n) is 16.0. The number of benzene rings is 1. The molecule has 1 aromatic carbocycles. The van der Waals surface area contributed by atoms with Crippen molar-refractivity contribution in [2.24, 2.45) is 7.05 Å². The van der Waals surface area contributed by atoms with E-state index >= 15 is 0 Å². The van der Waals surface area contributed by atoms with Gasteiger partial charge in [-0.05, 0) is 38.5 Å². The van der Waals surface area contributed by atoms with Crippen LogP contribution >= 0.6 is 0 Å². The van der Waals surface area contributed by atoms with Crippen LogP contribution in [0.4, 0.5) is 10.1 Å². The van der Waals surface area contributed by atoms with Gasteiger partial charge in [0.2, 0.25) is 0 Å². The summed E-state index contributed by atoms with van der Waals surface area (Å²) in [5.74, 6) is -1.15. The van der Waals surface area contributed by atoms with Gasteiger partial charge in [0.15, 0.2) is 5.69 Å². The molecule has 146 valence electrons. The molecule has 28 heavy (non-hydrogen) atoms. The first-order chi connectivity index (χ1) is 13.3. The Bertz CT molecular complexity index is 1030. The molecule has 0 spiro atoms. The van der Waals surface area contributed by atoms with Gasteiger partial charge < -0.3 is 19.1 Å². The van der Waals surface area contributed by atoms with Crippen LogP contribution in [0, 0.1) is 19.7 Å². The van der Waals surface area contributed by atoms with Crippen molar-refractivity contribution in [3.8, 4) is 11.1 Å². The number of halogens is 1. The molecule has 2 aromatic heterocycles. The van der Waals surface area contributed by atoms with Gasteiger partial charge in [-0.2, -0.15) is 0 Å². The van der Waals surface area contributed by atoms with Gasteiger partial charge in [0.25, 0.3) is 5.91 Å². The lowest BCUT2D eigenvalue weighted by Gasteiger charge is -2.10. The number of aryl methyl sites for hydroxylation is 3. The van der Waals surface area contributed by atoms with Gasteiger partial charge >= 0.3 is 5.97 Å². The molecule has 1 N–H and O–H groups in total. The quantitative estimate of drug-likeness (QED) is 0.674. The summed E-state index contributed by atoms with van der Waals surface area (Å²) in [5, 5.41) is 6.54. The molecule has 0 aliphatic heterocycles. The highest BCUT2D eigenvalue weighted by molar-refractivity contribution is 6.11. The number of ether oxygens (including phenoxy) is 1. The van der Waals surface area contributed by atoms with Gasteiger partial charge in [0.1, 0.15) is 17.1 Å². The van der Waals surface area contributed by atoms with E-state index < -0.39 is 17.7 Å². The first-order valence-electron chi connectivity index (χ1n) is 8.70. The first kappa shape index (κ1) is 19.3. The molecule has 0 atom stereocenters. The molecule has 3 rings (SSSR count). The summed E-state index contributed by atoms with van der Waals surface area (Å²) in [6.07, 6.45) is 1.64. The minimum absolute atomic E-state index is 0.154. The molecule has 1 amide bonds. The topological polar surface area (TPSA) is 86.4 Å². The number of nitrogens with one attached hydrogen (secondary N) is 1. The fourth-order valence-electron chi connectivity index (χ4n) is 3.06. The molecule has 8 heteroatoms. The number of hydrogen-bond donors (Lipinski definition) is 1. The molecule has 0 unspecified atom stereocenters. The Morgan fingerprint density at radius 3 is 2.68 bits per heavy atom. The summed E-state index contributed by atoms with van der Waals surface area (Å²) in [4.78, 5) is 25.4. The van der Waals surface area contributed by atoms with E-state index in [1.807, 2.05) is 0 Å². The lowest BCUT2D eigenvalue weighted by molar-refractivity contribution is 0.0516. The molecule has 0 aliphatic carbocycles. The van der Waals surface area contributed by atoms with E-state index in [1.165, 1.54) is 12.1 Å². The Kier molecular flexibility index (Phi) is 5.30. The first-order valence-corrected chi connectivity index (χ1v) is 8.70. The fraction of sp³-hybridized carbons (Fsp3) is 0.250. The third kappa shape index (κ3) is 3.53. The maximum atomic E-state index is 13.8. The van der Waals surface area contributed by atoms with E-state index in [1.54, 1.807) is 50.7 Å². The number of hydrogen-bond acceptors (Lipinski definition) is 5. The summed E-state index contributed by atoms with van der Waals surface area (Å²) in [7, 11) is 1.65. The van der Waals surface area contributed by atoms with E-state index in [-0.39, 0.29) is 23.6 Å². The Morgan fingerprint density at radius 2 is 2.07 bits per heavy atom. The summed E-state index contributed by atoms with van der Waals surface area (Å²) in [5.41, 5.74) is 2.10. The zero-order chi connectivity index (χ0) is 20.4. The van der Waals surface area contributed by atoms with E-state index in [0.29, 0.717) is 22.6 Å². The van der Waals surface area contributed by atoms with Gasteiger partial charge in [-0.25, -0.2) is 9.18 Å². The van der Waals surface area contributed by atoms with Crippen LogP contribution < -0.4 is 5.32 Å². The second-order valence-corrected chi connectivity index (χ2v) is 6.26. The molecule has 0 fully saturated rings. The summed E-state index contributed by atoms with van der Waals surface area (Å²) in [6.45, 7) is 5.14. The van der Waals surface area contributed by atoms with Crippen molar-refractivity contribution < 1.29 is 23.2 Å². The number of carbonyl (C=O) groups excluding carboxylic acids is 2. The lowest BCUT2D eigenvalue weighted by atomic mass is 10.1. The molecule has 0 aliphatic rings. The van der Waals surface area contributed by atoms with Crippen molar-refractivity contribution >= 4 is 17.6 Å². The predicted molar refractivity (Wildman–Crippen MR) is 101 cm³/mol. The van der Waals surface area contributed by atoms with E-state index in [2.05, 4.69) is 10.5 Å². The predicted octanol–water partition coefficient (Wildman–Crippen LogP) is 3.87. The number of rotatable bonds is 5. The summed E-state index contributed by atoms with van der Waals surface area (Å²) < 4.78 is 25.5. The molecule has 3 aromatic rings. The van der Waals surface area contributed by atoms with Crippen LogP contribution in [-0.2, 0) is 11.8 Å². The minimum Gasteiger partial charge on any atom is -0.461 e. The highest BCUT2D eigenvalue weighted by Gasteiger charge is 2.26. The molecule has 7 nitrogen and oxygen atoms in total. The minimum atomic E-state index is -0.596. The van der Waals surface area contributed by atoms with Gasteiger partial charge in [0.05, 0.1) is 18.0 Å². The molecule has 0 saturated heterocycles. The van der Waals surface area contributed by atoms with Crippen LogP contribution in [0.1, 0.15) is 39.2 Å². The van der Waals surface area contributed by atoms with Crippen LogP contribution in [0.25, 0.3) is 11.1 Å². The van der Waals surface area contributed by atoms with Crippen molar-refractivity contribution in [2.45, 2.75) is 20.8 Å². The average molecular weight is 385 g/mol. The van der Waals surface area contributed by atoms with E-state index in [9.17, 15) is 14.0 Å². The van der Waals surface area contributed by atoms with Crippen LogP contribution in [0.3, 0.4) is 0 Å². The average Bonchev–Trinajstić information content (AvgIpc) is 3.14. The number of esters is 1. The smallest absolute Gasteiger partial charge is 0.357 e. The number of nitrogens with zero attached hydrogens (tertiary/aromatic N) is 2. The third-order valence-electron chi connectivity index (χ3n) is 4.28. The van der Waals surface area contributed by atoms with Crippen molar-refractivity contribution in [2.75, 3.05) is 11.9 Å². The van der Waals surface area contributed by atoms with Crippen LogP contribution in [0.5, 0.6) is 0 Å². The number of aromatic nitrogens is 2. The summed E-state index contributed by atoms with van der Waals surface area (Å²) in [6, 6.07) is 5.90. The fourth-order valence-corrected chi connectivity index (χ4v) is 3.06. The van der Waals surface area contributed by atoms with Crippen LogP contribution in [0.2, 0.25) is 0 Å².